The molecule has 1 atom stereocenters. The third-order valence-corrected chi connectivity index (χ3v) is 7.15. The van der Waals surface area contributed by atoms with Crippen LogP contribution in [-0.4, -0.2) is 55.7 Å². The zero-order valence-corrected chi connectivity index (χ0v) is 20.0. The average molecular weight is 499 g/mol. The molecule has 1 aliphatic carbocycles. The van der Waals surface area contributed by atoms with Crippen LogP contribution in [0, 0.1) is 0 Å². The van der Waals surface area contributed by atoms with E-state index in [9.17, 15) is 14.4 Å². The fourth-order valence-electron chi connectivity index (χ4n) is 4.24. The molecule has 2 aromatic heterocycles. The van der Waals surface area contributed by atoms with Crippen LogP contribution in [0.1, 0.15) is 42.1 Å². The highest BCUT2D eigenvalue weighted by Gasteiger charge is 2.30. The van der Waals surface area contributed by atoms with Gasteiger partial charge in [0.15, 0.2) is 16.8 Å². The second-order valence-electron chi connectivity index (χ2n) is 8.61. The smallest absolute Gasteiger partial charge is 0.330 e. The number of carbonyl (C=O) groups excluding carboxylic acids is 1. The van der Waals surface area contributed by atoms with Gasteiger partial charge in [0.25, 0.3) is 5.56 Å². The lowest BCUT2D eigenvalue weighted by Gasteiger charge is -2.15. The number of Topliss-reactive ketones (excluding diaryl/α,β-unsaturated/α-hetero) is 1. The number of carbonyl (C=O) groups is 1. The van der Waals surface area contributed by atoms with Gasteiger partial charge in [-0.2, -0.15) is 0 Å². The number of H-pyrrole nitrogens is 1. The summed E-state index contributed by atoms with van der Waals surface area (Å²) in [5, 5.41) is 9.23. The first-order chi connectivity index (χ1) is 17.0. The third kappa shape index (κ3) is 4.76. The molecule has 0 radical (unpaired) electrons. The SMILES string of the molecule is COc1ccc(-c2nnc(SCC(=O)c3c(N)n(C4CC4)c(=O)[nH]c3=O)n2C[C@@H]2CCCO2)cc1. The minimum absolute atomic E-state index is 0.0265. The highest BCUT2D eigenvalue weighted by atomic mass is 32.2. The molecule has 0 spiro atoms. The Labute approximate surface area is 204 Å². The molecule has 0 bridgehead atoms. The van der Waals surface area contributed by atoms with Crippen LogP contribution < -0.4 is 21.7 Å². The molecular formula is C23H26N6O5S. The van der Waals surface area contributed by atoms with Crippen LogP contribution in [0.25, 0.3) is 11.4 Å². The second kappa shape index (κ2) is 9.70. The van der Waals surface area contributed by atoms with E-state index >= 15 is 0 Å². The standard InChI is InChI=1S/C23H26N6O5S/c1-33-15-8-4-13(5-9-15)20-26-27-23(28(20)11-16-3-2-10-34-16)35-12-17(30)18-19(24)29(14-6-7-14)22(32)25-21(18)31/h4-5,8-9,14,16H,2-3,6-7,10-12,24H2,1H3,(H,25,31,32)/t16-/m0/s1. The quantitative estimate of drug-likeness (QED) is 0.333. The number of nitrogens with one attached hydrogen (secondary N) is 1. The number of nitrogen functional groups attached to an aromatic ring is 1. The van der Waals surface area contributed by atoms with Gasteiger partial charge in [-0.05, 0) is 49.9 Å². The van der Waals surface area contributed by atoms with Crippen LogP contribution in [0.4, 0.5) is 5.82 Å². The molecule has 1 aliphatic heterocycles. The first-order valence-corrected chi connectivity index (χ1v) is 12.4. The number of hydrogen-bond donors (Lipinski definition) is 2. The maximum Gasteiger partial charge on any atom is 0.330 e. The molecule has 12 heteroatoms. The maximum absolute atomic E-state index is 13.0. The number of rotatable bonds is 9. The van der Waals surface area contributed by atoms with Gasteiger partial charge in [-0.15, -0.1) is 10.2 Å². The Morgan fingerprint density at radius 2 is 2.00 bits per heavy atom. The summed E-state index contributed by atoms with van der Waals surface area (Å²) in [6, 6.07) is 7.42. The van der Waals surface area contributed by atoms with Crippen LogP contribution in [0.2, 0.25) is 0 Å². The number of nitrogens with two attached hydrogens (primary N) is 1. The number of ether oxygens (including phenoxy) is 2. The van der Waals surface area contributed by atoms with Gasteiger partial charge in [-0.1, -0.05) is 11.8 Å². The number of anilines is 1. The lowest BCUT2D eigenvalue weighted by molar-refractivity contribution is 0.0953. The number of nitrogens with zero attached hydrogens (tertiary/aromatic N) is 4. The maximum atomic E-state index is 13.0. The predicted molar refractivity (Wildman–Crippen MR) is 130 cm³/mol. The van der Waals surface area contributed by atoms with Gasteiger partial charge in [0.05, 0.1) is 25.5 Å². The van der Waals surface area contributed by atoms with Crippen molar-refractivity contribution < 1.29 is 14.3 Å². The van der Waals surface area contributed by atoms with E-state index in [4.69, 9.17) is 15.2 Å². The van der Waals surface area contributed by atoms with Crippen molar-refractivity contribution in [3.8, 4) is 17.1 Å². The molecule has 11 nitrogen and oxygen atoms in total. The van der Waals surface area contributed by atoms with Crippen LogP contribution in [0.5, 0.6) is 5.75 Å². The summed E-state index contributed by atoms with van der Waals surface area (Å²) in [6.07, 6.45) is 3.53. The van der Waals surface area contributed by atoms with Gasteiger partial charge in [-0.3, -0.25) is 23.7 Å². The van der Waals surface area contributed by atoms with E-state index in [2.05, 4.69) is 15.2 Å². The molecular weight excluding hydrogens is 472 g/mol. The minimum Gasteiger partial charge on any atom is -0.497 e. The number of ketones is 1. The van der Waals surface area contributed by atoms with Crippen molar-refractivity contribution in [3.63, 3.8) is 0 Å². The van der Waals surface area contributed by atoms with E-state index < -0.39 is 17.0 Å². The Balaban J connectivity index is 1.41. The van der Waals surface area contributed by atoms with E-state index in [0.29, 0.717) is 24.1 Å². The molecule has 1 saturated carbocycles. The Hall–Kier alpha value is -3.38. The fourth-order valence-corrected chi connectivity index (χ4v) is 5.06. The highest BCUT2D eigenvalue weighted by molar-refractivity contribution is 7.99. The zero-order valence-electron chi connectivity index (χ0n) is 19.2. The fraction of sp³-hybridized carbons (Fsp3) is 0.435. The molecule has 1 saturated heterocycles. The van der Waals surface area contributed by atoms with Gasteiger partial charge in [0.1, 0.15) is 17.1 Å². The minimum atomic E-state index is -0.769. The van der Waals surface area contributed by atoms with Gasteiger partial charge in [-0.25, -0.2) is 4.79 Å². The molecule has 0 amide bonds. The summed E-state index contributed by atoms with van der Waals surface area (Å²) in [5.41, 5.74) is 5.40. The summed E-state index contributed by atoms with van der Waals surface area (Å²) in [6.45, 7) is 1.25. The molecule has 2 aliphatic rings. The number of benzene rings is 1. The Bertz CT molecular complexity index is 1350. The van der Waals surface area contributed by atoms with Gasteiger partial charge >= 0.3 is 5.69 Å². The van der Waals surface area contributed by atoms with Gasteiger partial charge in [0, 0.05) is 18.2 Å². The first kappa shape index (κ1) is 23.4. The Kier molecular flexibility index (Phi) is 6.48. The molecule has 5 rings (SSSR count). The lowest BCUT2D eigenvalue weighted by Crippen LogP contribution is -2.36. The van der Waals surface area contributed by atoms with E-state index in [1.165, 1.54) is 16.3 Å². The average Bonchev–Trinajstić information content (AvgIpc) is 3.38. The summed E-state index contributed by atoms with van der Waals surface area (Å²) in [4.78, 5) is 39.8. The van der Waals surface area contributed by atoms with Crippen molar-refractivity contribution in [2.24, 2.45) is 0 Å². The number of aromatic amines is 1. The first-order valence-electron chi connectivity index (χ1n) is 11.5. The monoisotopic (exact) mass is 498 g/mol. The number of thioether (sulfide) groups is 1. The Morgan fingerprint density at radius 1 is 1.23 bits per heavy atom. The van der Waals surface area contributed by atoms with Crippen molar-refractivity contribution in [2.45, 2.75) is 49.5 Å². The van der Waals surface area contributed by atoms with Crippen molar-refractivity contribution in [1.29, 1.82) is 0 Å². The molecule has 3 heterocycles. The molecule has 35 heavy (non-hydrogen) atoms. The van der Waals surface area contributed by atoms with E-state index in [1.807, 2.05) is 28.8 Å². The normalized spacial score (nSPS) is 17.6. The van der Waals surface area contributed by atoms with E-state index in [1.54, 1.807) is 7.11 Å². The summed E-state index contributed by atoms with van der Waals surface area (Å²) >= 11 is 1.17. The zero-order chi connectivity index (χ0) is 24.5. The van der Waals surface area contributed by atoms with Gasteiger partial charge < -0.3 is 15.2 Å². The number of hydrogen-bond acceptors (Lipinski definition) is 9. The number of aromatic nitrogens is 5. The molecule has 2 fully saturated rings. The lowest BCUT2D eigenvalue weighted by atomic mass is 10.2. The van der Waals surface area contributed by atoms with Crippen molar-refractivity contribution >= 4 is 23.4 Å². The Morgan fingerprint density at radius 3 is 2.66 bits per heavy atom. The highest BCUT2D eigenvalue weighted by Crippen LogP contribution is 2.35. The third-order valence-electron chi connectivity index (χ3n) is 6.18. The summed E-state index contributed by atoms with van der Waals surface area (Å²) < 4.78 is 14.3. The van der Waals surface area contributed by atoms with Crippen LogP contribution in [-0.2, 0) is 11.3 Å². The topological polar surface area (TPSA) is 147 Å². The van der Waals surface area contributed by atoms with Crippen LogP contribution in [0.15, 0.2) is 39.0 Å². The van der Waals surface area contributed by atoms with Crippen LogP contribution in [0.3, 0.4) is 0 Å². The molecule has 3 N–H and O–H groups in total. The van der Waals surface area contributed by atoms with Crippen molar-refractivity contribution in [3.05, 3.63) is 50.7 Å². The molecule has 3 aromatic rings. The number of methoxy groups -OCH3 is 1. The molecule has 0 unspecified atom stereocenters. The van der Waals surface area contributed by atoms with E-state index in [0.717, 1.165) is 37.0 Å². The molecule has 184 valence electrons. The van der Waals surface area contributed by atoms with Crippen LogP contribution >= 0.6 is 11.8 Å². The molecule has 1 aromatic carbocycles. The van der Waals surface area contributed by atoms with Gasteiger partial charge in [0.2, 0.25) is 0 Å². The second-order valence-corrected chi connectivity index (χ2v) is 9.56. The van der Waals surface area contributed by atoms with Crippen molar-refractivity contribution in [2.75, 3.05) is 25.2 Å². The van der Waals surface area contributed by atoms with E-state index in [-0.39, 0.29) is 29.3 Å². The predicted octanol–water partition coefficient (Wildman–Crippen LogP) is 1.87. The largest absolute Gasteiger partial charge is 0.497 e. The summed E-state index contributed by atoms with van der Waals surface area (Å²) in [7, 11) is 1.61. The van der Waals surface area contributed by atoms with Crippen molar-refractivity contribution in [1.82, 2.24) is 24.3 Å². The summed E-state index contributed by atoms with van der Waals surface area (Å²) in [5.74, 6) is 0.752.